The molecular formula is C15H28N2O3S. The molecule has 6 heteroatoms. The number of hydrogen-bond donors (Lipinski definition) is 2. The number of carbonyl (C=O) groups is 2. The molecule has 0 aromatic carbocycles. The number of amides is 1. The Bertz CT molecular complexity index is 331. The van der Waals surface area contributed by atoms with Crippen LogP contribution in [-0.4, -0.2) is 42.1 Å². The molecule has 1 aliphatic carbocycles. The highest BCUT2D eigenvalue weighted by atomic mass is 32.2. The van der Waals surface area contributed by atoms with Gasteiger partial charge in [-0.3, -0.25) is 9.59 Å². The van der Waals surface area contributed by atoms with Gasteiger partial charge >= 0.3 is 5.97 Å². The maximum atomic E-state index is 11.8. The number of rotatable bonds is 8. The highest BCUT2D eigenvalue weighted by Crippen LogP contribution is 2.23. The summed E-state index contributed by atoms with van der Waals surface area (Å²) < 4.78 is 4.84. The summed E-state index contributed by atoms with van der Waals surface area (Å²) in [6.07, 6.45) is 5.12. The molecule has 1 fully saturated rings. The van der Waals surface area contributed by atoms with E-state index in [4.69, 9.17) is 10.5 Å². The van der Waals surface area contributed by atoms with E-state index in [1.165, 1.54) is 24.6 Å². The second kappa shape index (κ2) is 10.1. The first-order valence-corrected chi connectivity index (χ1v) is 8.97. The molecule has 0 aromatic heterocycles. The SMILES string of the molecule is CCOC(=O)C(N)CCSCC(=O)NC1CCC(C)CC1. The van der Waals surface area contributed by atoms with Crippen molar-refractivity contribution in [1.82, 2.24) is 5.32 Å². The van der Waals surface area contributed by atoms with E-state index in [0.29, 0.717) is 30.6 Å². The molecule has 0 spiro atoms. The molecule has 1 amide bonds. The van der Waals surface area contributed by atoms with Gasteiger partial charge in [0.25, 0.3) is 0 Å². The van der Waals surface area contributed by atoms with Crippen molar-refractivity contribution < 1.29 is 14.3 Å². The third kappa shape index (κ3) is 7.71. The summed E-state index contributed by atoms with van der Waals surface area (Å²) >= 11 is 1.51. The molecule has 1 rings (SSSR count). The largest absolute Gasteiger partial charge is 0.465 e. The summed E-state index contributed by atoms with van der Waals surface area (Å²) in [6, 6.07) is -0.239. The molecular weight excluding hydrogens is 288 g/mol. The Morgan fingerprint density at radius 2 is 2.00 bits per heavy atom. The quantitative estimate of drug-likeness (QED) is 0.526. The number of esters is 1. The second-order valence-corrected chi connectivity index (χ2v) is 6.83. The van der Waals surface area contributed by atoms with E-state index in [2.05, 4.69) is 12.2 Å². The fourth-order valence-electron chi connectivity index (χ4n) is 2.42. The summed E-state index contributed by atoms with van der Waals surface area (Å²) in [4.78, 5) is 23.1. The third-order valence-corrected chi connectivity index (χ3v) is 4.77. The van der Waals surface area contributed by atoms with E-state index in [-0.39, 0.29) is 11.9 Å². The Hall–Kier alpha value is -0.750. The Labute approximate surface area is 131 Å². The number of hydrogen-bond acceptors (Lipinski definition) is 5. The minimum atomic E-state index is -0.583. The lowest BCUT2D eigenvalue weighted by molar-refractivity contribution is -0.144. The lowest BCUT2D eigenvalue weighted by Gasteiger charge is -2.26. The van der Waals surface area contributed by atoms with E-state index < -0.39 is 6.04 Å². The minimum absolute atomic E-state index is 0.0873. The standard InChI is InChI=1S/C15H28N2O3S/c1-3-20-15(19)13(16)8-9-21-10-14(18)17-12-6-4-11(2)5-7-12/h11-13H,3-10,16H2,1-2H3,(H,17,18). The number of ether oxygens (including phenoxy) is 1. The predicted molar refractivity (Wildman–Crippen MR) is 86.1 cm³/mol. The van der Waals surface area contributed by atoms with Crippen LogP contribution in [0.25, 0.3) is 0 Å². The zero-order valence-electron chi connectivity index (χ0n) is 13.1. The second-order valence-electron chi connectivity index (χ2n) is 5.72. The summed E-state index contributed by atoms with van der Waals surface area (Å²) in [5.41, 5.74) is 5.69. The molecule has 1 saturated carbocycles. The Morgan fingerprint density at radius 3 is 2.62 bits per heavy atom. The highest BCUT2D eigenvalue weighted by Gasteiger charge is 2.19. The Kier molecular flexibility index (Phi) is 8.76. The van der Waals surface area contributed by atoms with Crippen molar-refractivity contribution >= 4 is 23.6 Å². The van der Waals surface area contributed by atoms with Crippen LogP contribution < -0.4 is 11.1 Å². The normalized spacial score (nSPS) is 23.4. The molecule has 0 heterocycles. The van der Waals surface area contributed by atoms with E-state index in [9.17, 15) is 9.59 Å². The zero-order chi connectivity index (χ0) is 15.7. The van der Waals surface area contributed by atoms with Crippen molar-refractivity contribution in [2.45, 2.75) is 58.0 Å². The van der Waals surface area contributed by atoms with Crippen LogP contribution in [0, 0.1) is 5.92 Å². The van der Waals surface area contributed by atoms with E-state index >= 15 is 0 Å². The maximum Gasteiger partial charge on any atom is 0.322 e. The Morgan fingerprint density at radius 1 is 1.33 bits per heavy atom. The van der Waals surface area contributed by atoms with Gasteiger partial charge in [-0.25, -0.2) is 0 Å². The van der Waals surface area contributed by atoms with Crippen molar-refractivity contribution in [2.24, 2.45) is 11.7 Å². The van der Waals surface area contributed by atoms with Gasteiger partial charge in [0.05, 0.1) is 12.4 Å². The lowest BCUT2D eigenvalue weighted by atomic mass is 9.87. The van der Waals surface area contributed by atoms with Gasteiger partial charge in [0, 0.05) is 6.04 Å². The molecule has 0 bridgehead atoms. The van der Waals surface area contributed by atoms with Gasteiger partial charge in [-0.1, -0.05) is 6.92 Å². The molecule has 21 heavy (non-hydrogen) atoms. The third-order valence-electron chi connectivity index (χ3n) is 3.78. The predicted octanol–water partition coefficient (Wildman–Crippen LogP) is 1.69. The van der Waals surface area contributed by atoms with Gasteiger partial charge in [0.2, 0.25) is 5.91 Å². The summed E-state index contributed by atoms with van der Waals surface area (Å²) in [6.45, 7) is 4.37. The van der Waals surface area contributed by atoms with E-state index in [1.807, 2.05) is 0 Å². The first-order chi connectivity index (χ1) is 10.0. The molecule has 1 aliphatic rings. The molecule has 5 nitrogen and oxygen atoms in total. The zero-order valence-corrected chi connectivity index (χ0v) is 13.9. The fraction of sp³-hybridized carbons (Fsp3) is 0.867. The van der Waals surface area contributed by atoms with E-state index in [1.54, 1.807) is 6.92 Å². The van der Waals surface area contributed by atoms with Crippen LogP contribution in [0.1, 0.15) is 46.0 Å². The molecule has 0 saturated heterocycles. The summed E-state index contributed by atoms with van der Waals surface area (Å²) in [5, 5.41) is 3.09. The van der Waals surface area contributed by atoms with E-state index in [0.717, 1.165) is 18.8 Å². The molecule has 0 aliphatic heterocycles. The van der Waals surface area contributed by atoms with Crippen LogP contribution in [0.4, 0.5) is 0 Å². The van der Waals surface area contributed by atoms with Gasteiger partial charge in [-0.05, 0) is 50.7 Å². The molecule has 1 unspecified atom stereocenters. The fourth-order valence-corrected chi connectivity index (χ4v) is 3.25. The number of nitrogens with two attached hydrogens (primary N) is 1. The van der Waals surface area contributed by atoms with Crippen LogP contribution in [0.3, 0.4) is 0 Å². The lowest BCUT2D eigenvalue weighted by Crippen LogP contribution is -2.38. The summed E-state index contributed by atoms with van der Waals surface area (Å²) in [7, 11) is 0. The van der Waals surface area contributed by atoms with Crippen LogP contribution >= 0.6 is 11.8 Å². The highest BCUT2D eigenvalue weighted by molar-refractivity contribution is 7.99. The van der Waals surface area contributed by atoms with Gasteiger partial charge in [-0.15, -0.1) is 0 Å². The van der Waals surface area contributed by atoms with Crippen LogP contribution in [0.2, 0.25) is 0 Å². The topological polar surface area (TPSA) is 81.4 Å². The van der Waals surface area contributed by atoms with Gasteiger partial charge in [0.1, 0.15) is 6.04 Å². The smallest absolute Gasteiger partial charge is 0.322 e. The number of thioether (sulfide) groups is 1. The molecule has 0 radical (unpaired) electrons. The van der Waals surface area contributed by atoms with Crippen molar-refractivity contribution in [3.8, 4) is 0 Å². The van der Waals surface area contributed by atoms with Crippen LogP contribution in [0.5, 0.6) is 0 Å². The van der Waals surface area contributed by atoms with Crippen molar-refractivity contribution in [3.63, 3.8) is 0 Å². The number of carbonyl (C=O) groups excluding carboxylic acids is 2. The number of nitrogens with one attached hydrogen (secondary N) is 1. The molecule has 122 valence electrons. The van der Waals surface area contributed by atoms with Crippen molar-refractivity contribution in [2.75, 3.05) is 18.1 Å². The maximum absolute atomic E-state index is 11.8. The van der Waals surface area contributed by atoms with Gasteiger partial charge < -0.3 is 15.8 Å². The Balaban J connectivity index is 2.07. The minimum Gasteiger partial charge on any atom is -0.465 e. The van der Waals surface area contributed by atoms with Crippen molar-refractivity contribution in [1.29, 1.82) is 0 Å². The van der Waals surface area contributed by atoms with Gasteiger partial charge in [0.15, 0.2) is 0 Å². The first kappa shape index (κ1) is 18.3. The van der Waals surface area contributed by atoms with Crippen LogP contribution in [0.15, 0.2) is 0 Å². The van der Waals surface area contributed by atoms with Gasteiger partial charge in [-0.2, -0.15) is 11.8 Å². The molecule has 3 N–H and O–H groups in total. The monoisotopic (exact) mass is 316 g/mol. The summed E-state index contributed by atoms with van der Waals surface area (Å²) in [5.74, 6) is 1.64. The average Bonchev–Trinajstić information content (AvgIpc) is 2.46. The van der Waals surface area contributed by atoms with Crippen molar-refractivity contribution in [3.05, 3.63) is 0 Å². The first-order valence-electron chi connectivity index (χ1n) is 7.82. The molecule has 0 aromatic rings. The van der Waals surface area contributed by atoms with Crippen LogP contribution in [-0.2, 0) is 14.3 Å². The average molecular weight is 316 g/mol. The molecule has 1 atom stereocenters.